The summed E-state index contributed by atoms with van der Waals surface area (Å²) in [4.78, 5) is 12.3. The molecule has 9 heteroatoms. The summed E-state index contributed by atoms with van der Waals surface area (Å²) >= 11 is 5.90. The van der Waals surface area contributed by atoms with Crippen LogP contribution in [0.3, 0.4) is 0 Å². The van der Waals surface area contributed by atoms with E-state index in [9.17, 15) is 13.2 Å². The molecule has 0 aromatic heterocycles. The number of anilines is 1. The van der Waals surface area contributed by atoms with Gasteiger partial charge in [-0.15, -0.1) is 0 Å². The molecule has 0 saturated heterocycles. The van der Waals surface area contributed by atoms with E-state index in [1.165, 1.54) is 25.3 Å². The predicted octanol–water partition coefficient (Wildman–Crippen LogP) is 2.71. The molecule has 1 atom stereocenters. The summed E-state index contributed by atoms with van der Waals surface area (Å²) in [5, 5.41) is 8.28. The minimum Gasteiger partial charge on any atom is -0.495 e. The predicted molar refractivity (Wildman–Crippen MR) is 99.3 cm³/mol. The van der Waals surface area contributed by atoms with Gasteiger partial charge >= 0.3 is 0 Å². The van der Waals surface area contributed by atoms with Crippen LogP contribution in [0.25, 0.3) is 0 Å². The fourth-order valence-corrected chi connectivity index (χ4v) is 2.95. The van der Waals surface area contributed by atoms with Crippen molar-refractivity contribution in [3.8, 4) is 11.5 Å². The van der Waals surface area contributed by atoms with Crippen LogP contribution in [-0.2, 0) is 14.8 Å². The van der Waals surface area contributed by atoms with Gasteiger partial charge < -0.3 is 14.8 Å². The number of nitrogens with two attached hydrogens (primary N) is 1. The van der Waals surface area contributed by atoms with Gasteiger partial charge in [0.1, 0.15) is 11.5 Å². The lowest BCUT2D eigenvalue weighted by molar-refractivity contribution is -0.122. The lowest BCUT2D eigenvalue weighted by Crippen LogP contribution is -2.30. The Balaban J connectivity index is 2.20. The van der Waals surface area contributed by atoms with Gasteiger partial charge in [-0.3, -0.25) is 4.79 Å². The summed E-state index contributed by atoms with van der Waals surface area (Å²) in [5.41, 5.74) is 0.957. The van der Waals surface area contributed by atoms with Crippen molar-refractivity contribution >= 4 is 33.2 Å². The Kier molecular flexibility index (Phi) is 6.12. The first-order valence-electron chi connectivity index (χ1n) is 7.56. The average molecular weight is 399 g/mol. The van der Waals surface area contributed by atoms with Crippen LogP contribution >= 0.6 is 11.6 Å². The van der Waals surface area contributed by atoms with Gasteiger partial charge in [0.05, 0.1) is 17.7 Å². The number of carbonyl (C=O) groups is 1. The van der Waals surface area contributed by atoms with Crippen LogP contribution in [0, 0.1) is 6.92 Å². The van der Waals surface area contributed by atoms with Gasteiger partial charge in [0, 0.05) is 5.02 Å². The van der Waals surface area contributed by atoms with Gasteiger partial charge in [0.2, 0.25) is 10.0 Å². The van der Waals surface area contributed by atoms with E-state index in [4.69, 9.17) is 26.2 Å². The van der Waals surface area contributed by atoms with E-state index in [2.05, 4.69) is 5.32 Å². The van der Waals surface area contributed by atoms with Crippen molar-refractivity contribution in [3.63, 3.8) is 0 Å². The molecular formula is C17H19ClN2O5S. The van der Waals surface area contributed by atoms with E-state index in [1.54, 1.807) is 25.1 Å². The Bertz CT molecular complexity index is 931. The molecule has 2 rings (SSSR count). The van der Waals surface area contributed by atoms with E-state index < -0.39 is 22.0 Å². The minimum atomic E-state index is -3.92. The van der Waals surface area contributed by atoms with E-state index in [-0.39, 0.29) is 10.6 Å². The fraction of sp³-hybridized carbons (Fsp3) is 0.235. The van der Waals surface area contributed by atoms with Crippen molar-refractivity contribution < 1.29 is 22.7 Å². The first-order chi connectivity index (χ1) is 12.1. The number of benzene rings is 2. The third-order valence-electron chi connectivity index (χ3n) is 3.57. The third kappa shape index (κ3) is 4.87. The Morgan fingerprint density at radius 2 is 1.85 bits per heavy atom. The van der Waals surface area contributed by atoms with Crippen LogP contribution in [0.2, 0.25) is 5.02 Å². The molecule has 0 aliphatic heterocycles. The zero-order valence-corrected chi connectivity index (χ0v) is 16.0. The molecule has 0 fully saturated rings. The Morgan fingerprint density at radius 3 is 2.42 bits per heavy atom. The zero-order valence-electron chi connectivity index (χ0n) is 14.4. The highest BCUT2D eigenvalue weighted by atomic mass is 35.5. The van der Waals surface area contributed by atoms with Crippen LogP contribution in [0.15, 0.2) is 41.3 Å². The van der Waals surface area contributed by atoms with Gasteiger partial charge in [-0.2, -0.15) is 0 Å². The summed E-state index contributed by atoms with van der Waals surface area (Å²) in [6, 6.07) is 8.98. The molecule has 0 spiro atoms. The van der Waals surface area contributed by atoms with Crippen LogP contribution in [0.5, 0.6) is 11.5 Å². The number of aryl methyl sites for hydroxylation is 1. The van der Waals surface area contributed by atoms with E-state index in [0.717, 1.165) is 5.56 Å². The number of methoxy groups -OCH3 is 1. The van der Waals surface area contributed by atoms with Gasteiger partial charge in [-0.1, -0.05) is 11.6 Å². The van der Waals surface area contributed by atoms with Crippen molar-refractivity contribution in [3.05, 3.63) is 47.0 Å². The Hall–Kier alpha value is -2.29. The molecule has 0 bridgehead atoms. The van der Waals surface area contributed by atoms with Crippen molar-refractivity contribution in [1.82, 2.24) is 0 Å². The number of rotatable bonds is 6. The minimum absolute atomic E-state index is 0.143. The van der Waals surface area contributed by atoms with E-state index >= 15 is 0 Å². The molecule has 0 aliphatic rings. The van der Waals surface area contributed by atoms with E-state index in [1.807, 2.05) is 6.92 Å². The van der Waals surface area contributed by atoms with E-state index in [0.29, 0.717) is 16.5 Å². The van der Waals surface area contributed by atoms with Crippen molar-refractivity contribution in [1.29, 1.82) is 0 Å². The third-order valence-corrected chi connectivity index (χ3v) is 4.71. The number of halogens is 1. The topological polar surface area (TPSA) is 108 Å². The molecule has 2 aromatic carbocycles. The fourth-order valence-electron chi connectivity index (χ4n) is 2.19. The molecule has 140 valence electrons. The second-order valence-electron chi connectivity index (χ2n) is 5.57. The highest BCUT2D eigenvalue weighted by Crippen LogP contribution is 2.28. The molecule has 3 N–H and O–H groups in total. The lowest BCUT2D eigenvalue weighted by atomic mass is 10.2. The molecule has 1 amide bonds. The summed E-state index contributed by atoms with van der Waals surface area (Å²) in [6.07, 6.45) is -0.849. The van der Waals surface area contributed by atoms with Crippen LogP contribution in [0.4, 0.5) is 5.69 Å². The summed E-state index contributed by atoms with van der Waals surface area (Å²) in [6.45, 7) is 3.38. The molecule has 0 aliphatic carbocycles. The molecular weight excluding hydrogens is 380 g/mol. The number of hydrogen-bond acceptors (Lipinski definition) is 5. The van der Waals surface area contributed by atoms with Gasteiger partial charge in [-0.25, -0.2) is 13.6 Å². The number of hydrogen-bond donors (Lipinski definition) is 2. The summed E-state index contributed by atoms with van der Waals surface area (Å²) in [5.74, 6) is 0.326. The maximum atomic E-state index is 12.4. The van der Waals surface area contributed by atoms with Crippen LogP contribution < -0.4 is 19.9 Å². The van der Waals surface area contributed by atoms with Crippen LogP contribution in [-0.4, -0.2) is 27.5 Å². The molecule has 26 heavy (non-hydrogen) atoms. The van der Waals surface area contributed by atoms with Crippen LogP contribution in [0.1, 0.15) is 12.5 Å². The quantitative estimate of drug-likeness (QED) is 0.777. The molecule has 7 nitrogen and oxygen atoms in total. The highest BCUT2D eigenvalue weighted by Gasteiger charge is 2.19. The second kappa shape index (κ2) is 7.94. The maximum absolute atomic E-state index is 12.4. The lowest BCUT2D eigenvalue weighted by Gasteiger charge is -2.17. The number of sulfonamides is 1. The number of carbonyl (C=O) groups excluding carboxylic acids is 1. The summed E-state index contributed by atoms with van der Waals surface area (Å²) < 4.78 is 33.8. The number of nitrogens with one attached hydrogen (secondary N) is 1. The monoisotopic (exact) mass is 398 g/mol. The molecule has 2 aromatic rings. The Labute approximate surface area is 157 Å². The largest absolute Gasteiger partial charge is 0.495 e. The zero-order chi connectivity index (χ0) is 19.5. The highest BCUT2D eigenvalue weighted by molar-refractivity contribution is 7.89. The van der Waals surface area contributed by atoms with Crippen molar-refractivity contribution in [2.75, 3.05) is 12.4 Å². The SMILES string of the molecule is COc1ccc(S(N)(=O)=O)cc1NC(=O)[C@@H](C)Oc1ccc(Cl)cc1C. The van der Waals surface area contributed by atoms with Crippen molar-refractivity contribution in [2.45, 2.75) is 24.8 Å². The van der Waals surface area contributed by atoms with Gasteiger partial charge in [-0.05, 0) is 55.8 Å². The normalized spacial score (nSPS) is 12.3. The average Bonchev–Trinajstić information content (AvgIpc) is 2.56. The molecule has 0 unspecified atom stereocenters. The number of amides is 1. The number of ether oxygens (including phenoxy) is 2. The Morgan fingerprint density at radius 1 is 1.19 bits per heavy atom. The second-order valence-corrected chi connectivity index (χ2v) is 7.56. The smallest absolute Gasteiger partial charge is 0.265 e. The van der Waals surface area contributed by atoms with Gasteiger partial charge in [0.15, 0.2) is 6.10 Å². The van der Waals surface area contributed by atoms with Crippen molar-refractivity contribution in [2.24, 2.45) is 5.14 Å². The molecule has 0 radical (unpaired) electrons. The van der Waals surface area contributed by atoms with Gasteiger partial charge in [0.25, 0.3) is 5.91 Å². The standard InChI is InChI=1S/C17H19ClN2O5S/c1-10-8-12(18)4-6-15(10)25-11(2)17(21)20-14-9-13(26(19,22)23)5-7-16(14)24-3/h4-9,11H,1-3H3,(H,20,21)(H2,19,22,23)/t11-/m1/s1. The first-order valence-corrected chi connectivity index (χ1v) is 9.48. The summed E-state index contributed by atoms with van der Waals surface area (Å²) in [7, 11) is -2.51. The molecule has 0 heterocycles. The first kappa shape index (κ1) is 20.0. The maximum Gasteiger partial charge on any atom is 0.265 e. The molecule has 0 saturated carbocycles. The number of primary sulfonamides is 1.